The molecule has 2 aromatic carbocycles. The molecule has 0 spiro atoms. The number of halogens is 3. The van der Waals surface area contributed by atoms with Gasteiger partial charge in [0.1, 0.15) is 5.92 Å². The van der Waals surface area contributed by atoms with Gasteiger partial charge in [0.2, 0.25) is 11.5 Å². The van der Waals surface area contributed by atoms with Gasteiger partial charge in [-0.1, -0.05) is 30.3 Å². The molecule has 0 bridgehead atoms. The Balaban J connectivity index is 2.23. The van der Waals surface area contributed by atoms with Crippen molar-refractivity contribution in [3.63, 3.8) is 0 Å². The Labute approximate surface area is 180 Å². The van der Waals surface area contributed by atoms with Crippen LogP contribution in [0.1, 0.15) is 22.0 Å². The van der Waals surface area contributed by atoms with E-state index in [4.69, 9.17) is 21.7 Å². The van der Waals surface area contributed by atoms with Gasteiger partial charge in [-0.05, 0) is 29.9 Å². The van der Waals surface area contributed by atoms with E-state index in [1.165, 1.54) is 50.6 Å². The van der Waals surface area contributed by atoms with Gasteiger partial charge in [0.25, 0.3) is 0 Å². The van der Waals surface area contributed by atoms with Crippen LogP contribution in [0.4, 0.5) is 13.2 Å². The van der Waals surface area contributed by atoms with E-state index in [0.29, 0.717) is 0 Å². The minimum Gasteiger partial charge on any atom is -0.502 e. The number of carbonyl (C=O) groups is 1. The van der Waals surface area contributed by atoms with E-state index in [9.17, 15) is 28.2 Å². The van der Waals surface area contributed by atoms with Crippen LogP contribution in [0, 0.1) is 5.92 Å². The van der Waals surface area contributed by atoms with Gasteiger partial charge in [-0.15, -0.1) is 0 Å². The monoisotopic (exact) mass is 456 g/mol. The molecule has 0 unspecified atom stereocenters. The van der Waals surface area contributed by atoms with Crippen molar-refractivity contribution in [2.75, 3.05) is 14.2 Å². The standard InChI is InChI=1S/C20H19F3N2O5S/c1-29-12-8-11(9-13(30-2)17(12)27)15-14(16(26)10-6-4-3-5-7-10)19(28,20(21,22)23)25-18(31)24-15/h3-9,14-15,27-28H,1-2H3,(H2,24,25,31)/t14-,15-,19-/m0/s1. The number of aliphatic hydroxyl groups is 1. The van der Waals surface area contributed by atoms with E-state index in [1.54, 1.807) is 6.07 Å². The number of alkyl halides is 3. The lowest BCUT2D eigenvalue weighted by Crippen LogP contribution is -2.72. The SMILES string of the molecule is COc1cc([C@@H]2NC(=S)N[C@@](O)(C(F)(F)F)[C@@H]2C(=O)c2ccccc2)cc(OC)c1O. The van der Waals surface area contributed by atoms with Gasteiger partial charge in [0.05, 0.1) is 20.3 Å². The van der Waals surface area contributed by atoms with Crippen LogP contribution in [0.15, 0.2) is 42.5 Å². The first-order valence-electron chi connectivity index (χ1n) is 8.95. The highest BCUT2D eigenvalue weighted by atomic mass is 32.1. The quantitative estimate of drug-likeness (QED) is 0.403. The molecular weight excluding hydrogens is 437 g/mol. The summed E-state index contributed by atoms with van der Waals surface area (Å²) in [5.41, 5.74) is -3.62. The minimum atomic E-state index is -5.25. The summed E-state index contributed by atoms with van der Waals surface area (Å²) in [7, 11) is 2.49. The van der Waals surface area contributed by atoms with E-state index in [1.807, 2.05) is 5.32 Å². The molecule has 0 radical (unpaired) electrons. The number of aromatic hydroxyl groups is 1. The molecule has 2 aromatic rings. The number of ketones is 1. The molecule has 1 fully saturated rings. The lowest BCUT2D eigenvalue weighted by Gasteiger charge is -2.46. The molecule has 0 saturated carbocycles. The van der Waals surface area contributed by atoms with Crippen molar-refractivity contribution in [2.45, 2.75) is 17.9 Å². The molecule has 166 valence electrons. The van der Waals surface area contributed by atoms with Crippen LogP contribution in [-0.2, 0) is 0 Å². The summed E-state index contributed by atoms with van der Waals surface area (Å²) in [6.45, 7) is 0. The lowest BCUT2D eigenvalue weighted by molar-refractivity contribution is -0.285. The molecule has 0 amide bonds. The molecule has 7 nitrogen and oxygen atoms in total. The number of thiocarbonyl (C=S) groups is 1. The van der Waals surface area contributed by atoms with Gasteiger partial charge in [0, 0.05) is 5.56 Å². The van der Waals surface area contributed by atoms with Gasteiger partial charge >= 0.3 is 6.18 Å². The second kappa shape index (κ2) is 8.23. The highest BCUT2D eigenvalue weighted by Gasteiger charge is 2.65. The molecule has 0 aromatic heterocycles. The van der Waals surface area contributed by atoms with Crippen LogP contribution in [-0.4, -0.2) is 47.2 Å². The van der Waals surface area contributed by atoms with Crippen LogP contribution in [0.3, 0.4) is 0 Å². The van der Waals surface area contributed by atoms with Crippen LogP contribution >= 0.6 is 12.2 Å². The number of hydrogen-bond donors (Lipinski definition) is 4. The number of Topliss-reactive ketones (excluding diaryl/α,β-unsaturated/α-hetero) is 1. The van der Waals surface area contributed by atoms with Crippen molar-refractivity contribution in [3.05, 3.63) is 53.6 Å². The zero-order valence-corrected chi connectivity index (χ0v) is 17.2. The fraction of sp³-hybridized carbons (Fsp3) is 0.300. The summed E-state index contributed by atoms with van der Waals surface area (Å²) in [5.74, 6) is -3.62. The largest absolute Gasteiger partial charge is 0.502 e. The fourth-order valence-corrected chi connectivity index (χ4v) is 3.77. The van der Waals surface area contributed by atoms with Gasteiger partial charge in [0.15, 0.2) is 22.4 Å². The predicted octanol–water partition coefficient (Wildman–Crippen LogP) is 2.68. The molecule has 4 N–H and O–H groups in total. The van der Waals surface area contributed by atoms with Crippen molar-refractivity contribution in [2.24, 2.45) is 5.92 Å². The molecule has 11 heteroatoms. The van der Waals surface area contributed by atoms with Crippen LogP contribution in [0.25, 0.3) is 0 Å². The van der Waals surface area contributed by atoms with Crippen molar-refractivity contribution < 1.29 is 37.7 Å². The van der Waals surface area contributed by atoms with Crippen molar-refractivity contribution in [1.29, 1.82) is 0 Å². The maximum Gasteiger partial charge on any atom is 0.437 e. The van der Waals surface area contributed by atoms with Gasteiger partial charge in [-0.3, -0.25) is 4.79 Å². The molecule has 1 saturated heterocycles. The summed E-state index contributed by atoms with van der Waals surface area (Å²) < 4.78 is 52.2. The van der Waals surface area contributed by atoms with E-state index < -0.39 is 34.8 Å². The Kier molecular flexibility index (Phi) is 6.01. The van der Waals surface area contributed by atoms with E-state index in [2.05, 4.69) is 5.32 Å². The number of nitrogens with one attached hydrogen (secondary N) is 2. The maximum absolute atomic E-state index is 14.0. The first kappa shape index (κ1) is 22.6. The third-order valence-electron chi connectivity index (χ3n) is 5.01. The summed E-state index contributed by atoms with van der Waals surface area (Å²) in [5, 5.41) is 24.8. The predicted molar refractivity (Wildman–Crippen MR) is 108 cm³/mol. The average molecular weight is 456 g/mol. The van der Waals surface area contributed by atoms with Crippen molar-refractivity contribution >= 4 is 23.1 Å². The van der Waals surface area contributed by atoms with Crippen LogP contribution in [0.2, 0.25) is 0 Å². The molecule has 1 aliphatic rings. The number of phenolic OH excluding ortho intramolecular Hbond substituents is 1. The third-order valence-corrected chi connectivity index (χ3v) is 5.23. The summed E-state index contributed by atoms with van der Waals surface area (Å²) in [6.07, 6.45) is -5.25. The Hall–Kier alpha value is -3.05. The van der Waals surface area contributed by atoms with E-state index in [-0.39, 0.29) is 28.4 Å². The number of ether oxygens (including phenoxy) is 2. The average Bonchev–Trinajstić information content (AvgIpc) is 2.72. The summed E-state index contributed by atoms with van der Waals surface area (Å²) in [4.78, 5) is 13.2. The lowest BCUT2D eigenvalue weighted by atomic mass is 9.77. The minimum absolute atomic E-state index is 0.0331. The number of hydrogen-bond acceptors (Lipinski definition) is 6. The molecule has 3 atom stereocenters. The zero-order valence-electron chi connectivity index (χ0n) is 16.4. The van der Waals surface area contributed by atoms with Crippen LogP contribution < -0.4 is 20.1 Å². The van der Waals surface area contributed by atoms with Gasteiger partial charge in [-0.2, -0.15) is 13.2 Å². The second-order valence-electron chi connectivity index (χ2n) is 6.82. The number of carbonyl (C=O) groups excluding carboxylic acids is 1. The van der Waals surface area contributed by atoms with Crippen LogP contribution in [0.5, 0.6) is 17.2 Å². The molecule has 1 heterocycles. The van der Waals surface area contributed by atoms with Crippen molar-refractivity contribution in [1.82, 2.24) is 10.6 Å². The summed E-state index contributed by atoms with van der Waals surface area (Å²) >= 11 is 4.90. The Morgan fingerprint density at radius 1 is 1.13 bits per heavy atom. The Morgan fingerprint density at radius 2 is 1.68 bits per heavy atom. The molecule has 31 heavy (non-hydrogen) atoms. The highest BCUT2D eigenvalue weighted by Crippen LogP contribution is 2.46. The molecule has 1 aliphatic heterocycles. The van der Waals surface area contributed by atoms with Gasteiger partial charge < -0.3 is 30.3 Å². The Bertz CT molecular complexity index is 977. The number of phenols is 1. The molecule has 0 aliphatic carbocycles. The van der Waals surface area contributed by atoms with Gasteiger partial charge in [-0.25, -0.2) is 0 Å². The smallest absolute Gasteiger partial charge is 0.437 e. The fourth-order valence-electron chi connectivity index (χ4n) is 3.49. The molecular formula is C20H19F3N2O5S. The normalized spacial score (nSPS) is 23.5. The van der Waals surface area contributed by atoms with E-state index >= 15 is 0 Å². The topological polar surface area (TPSA) is 100 Å². The van der Waals surface area contributed by atoms with E-state index in [0.717, 1.165) is 0 Å². The third kappa shape index (κ3) is 3.98. The Morgan fingerprint density at radius 3 is 2.16 bits per heavy atom. The number of benzene rings is 2. The highest BCUT2D eigenvalue weighted by molar-refractivity contribution is 7.80. The summed E-state index contributed by atoms with van der Waals surface area (Å²) in [6, 6.07) is 8.34. The number of rotatable bonds is 5. The first-order chi connectivity index (χ1) is 14.5. The first-order valence-corrected chi connectivity index (χ1v) is 9.36. The maximum atomic E-state index is 14.0. The second-order valence-corrected chi connectivity index (χ2v) is 7.23. The number of methoxy groups -OCH3 is 2. The van der Waals surface area contributed by atoms with Crippen molar-refractivity contribution in [3.8, 4) is 17.2 Å². The zero-order chi connectivity index (χ0) is 23.0. The molecule has 3 rings (SSSR count).